The van der Waals surface area contributed by atoms with Gasteiger partial charge in [0.25, 0.3) is 0 Å². The predicted octanol–water partition coefficient (Wildman–Crippen LogP) is 1.64. The third kappa shape index (κ3) is 4.71. The Hall–Kier alpha value is -2.04. The first-order valence-corrected chi connectivity index (χ1v) is 8.58. The van der Waals surface area contributed by atoms with Crippen molar-refractivity contribution >= 4 is 17.5 Å². The number of amides is 2. The molecule has 0 saturated heterocycles. The Labute approximate surface area is 138 Å². The van der Waals surface area contributed by atoms with Crippen molar-refractivity contribution in [3.63, 3.8) is 0 Å². The quantitative estimate of drug-likeness (QED) is 0.784. The summed E-state index contributed by atoms with van der Waals surface area (Å²) in [4.78, 5) is 25.5. The zero-order chi connectivity index (χ0) is 16.7. The van der Waals surface area contributed by atoms with Crippen LogP contribution >= 0.6 is 0 Å². The van der Waals surface area contributed by atoms with Crippen LogP contribution in [0.15, 0.2) is 18.2 Å². The fraction of sp³-hybridized carbons (Fsp3) is 0.556. The molecule has 0 aromatic heterocycles. The molecule has 0 radical (unpaired) electrons. The summed E-state index contributed by atoms with van der Waals surface area (Å²) >= 11 is 0. The lowest BCUT2D eigenvalue weighted by atomic mass is 9.98. The number of aryl methyl sites for hydroxylation is 1. The fourth-order valence-electron chi connectivity index (χ4n) is 2.93. The first-order valence-electron chi connectivity index (χ1n) is 8.58. The molecule has 0 unspecified atom stereocenters. The Morgan fingerprint density at radius 3 is 2.57 bits per heavy atom. The van der Waals surface area contributed by atoms with Crippen LogP contribution < -0.4 is 15.5 Å². The molecule has 1 heterocycles. The van der Waals surface area contributed by atoms with Crippen LogP contribution in [0.1, 0.15) is 37.8 Å². The van der Waals surface area contributed by atoms with E-state index in [0.29, 0.717) is 13.1 Å². The zero-order valence-corrected chi connectivity index (χ0v) is 14.2. The van der Waals surface area contributed by atoms with Gasteiger partial charge in [0.15, 0.2) is 0 Å². The number of hydrogen-bond donors (Lipinski definition) is 2. The van der Waals surface area contributed by atoms with E-state index in [1.165, 1.54) is 23.2 Å². The summed E-state index contributed by atoms with van der Waals surface area (Å²) in [5.41, 5.74) is 3.93. The standard InChI is InChI=1S/C18H27N3O2/c1-3-10-19-17(22)18(23)20-11-9-14-7-8-16-15(13-14)6-5-12-21(16)4-2/h7-8,13H,3-6,9-12H2,1-2H3,(H,19,22)(H,20,23). The third-order valence-corrected chi connectivity index (χ3v) is 4.18. The Morgan fingerprint density at radius 1 is 1.13 bits per heavy atom. The van der Waals surface area contributed by atoms with Crippen LogP contribution in [-0.2, 0) is 22.4 Å². The summed E-state index contributed by atoms with van der Waals surface area (Å²) in [5.74, 6) is -1.09. The molecule has 2 amide bonds. The molecular formula is C18H27N3O2. The van der Waals surface area contributed by atoms with Crippen LogP contribution in [0, 0.1) is 0 Å². The molecule has 0 bridgehead atoms. The third-order valence-electron chi connectivity index (χ3n) is 4.18. The van der Waals surface area contributed by atoms with Gasteiger partial charge in [0, 0.05) is 31.9 Å². The monoisotopic (exact) mass is 317 g/mol. The van der Waals surface area contributed by atoms with Gasteiger partial charge in [-0.15, -0.1) is 0 Å². The van der Waals surface area contributed by atoms with Crippen LogP contribution in [0.3, 0.4) is 0 Å². The number of nitrogens with zero attached hydrogens (tertiary/aromatic N) is 1. The summed E-state index contributed by atoms with van der Waals surface area (Å²) < 4.78 is 0. The summed E-state index contributed by atoms with van der Waals surface area (Å²) in [6, 6.07) is 6.54. The molecule has 0 spiro atoms. The van der Waals surface area contributed by atoms with Crippen LogP contribution in [0.2, 0.25) is 0 Å². The molecule has 1 aliphatic rings. The molecule has 5 heteroatoms. The van der Waals surface area contributed by atoms with Crippen molar-refractivity contribution in [2.45, 2.75) is 39.5 Å². The van der Waals surface area contributed by atoms with Crippen molar-refractivity contribution in [3.05, 3.63) is 29.3 Å². The van der Waals surface area contributed by atoms with Crippen molar-refractivity contribution in [2.24, 2.45) is 0 Å². The number of hydrogen-bond acceptors (Lipinski definition) is 3. The van der Waals surface area contributed by atoms with Crippen LogP contribution in [-0.4, -0.2) is 38.0 Å². The van der Waals surface area contributed by atoms with E-state index in [1.807, 2.05) is 6.92 Å². The SMILES string of the molecule is CCCNC(=O)C(=O)NCCc1ccc2c(c1)CCCN2CC. The maximum atomic E-state index is 11.6. The number of nitrogens with one attached hydrogen (secondary N) is 2. The number of benzene rings is 1. The smallest absolute Gasteiger partial charge is 0.309 e. The molecule has 1 aromatic carbocycles. The highest BCUT2D eigenvalue weighted by atomic mass is 16.2. The van der Waals surface area contributed by atoms with Crippen molar-refractivity contribution in [1.82, 2.24) is 10.6 Å². The van der Waals surface area contributed by atoms with Gasteiger partial charge in [0.05, 0.1) is 0 Å². The average Bonchev–Trinajstić information content (AvgIpc) is 2.58. The van der Waals surface area contributed by atoms with Gasteiger partial charge in [-0.25, -0.2) is 0 Å². The van der Waals surface area contributed by atoms with Crippen LogP contribution in [0.5, 0.6) is 0 Å². The Kier molecular flexibility index (Phi) is 6.44. The van der Waals surface area contributed by atoms with E-state index < -0.39 is 11.8 Å². The largest absolute Gasteiger partial charge is 0.372 e. The molecule has 1 aromatic rings. The van der Waals surface area contributed by atoms with E-state index in [4.69, 9.17) is 0 Å². The van der Waals surface area contributed by atoms with Gasteiger partial charge in [-0.05, 0) is 49.8 Å². The van der Waals surface area contributed by atoms with Crippen LogP contribution in [0.4, 0.5) is 5.69 Å². The van der Waals surface area contributed by atoms with Crippen LogP contribution in [0.25, 0.3) is 0 Å². The lowest BCUT2D eigenvalue weighted by Crippen LogP contribution is -2.40. The minimum atomic E-state index is -0.548. The Balaban J connectivity index is 1.85. The van der Waals surface area contributed by atoms with Gasteiger partial charge in [-0.1, -0.05) is 19.1 Å². The van der Waals surface area contributed by atoms with Gasteiger partial charge in [-0.2, -0.15) is 0 Å². The normalized spacial score (nSPS) is 13.4. The lowest BCUT2D eigenvalue weighted by Gasteiger charge is -2.30. The van der Waals surface area contributed by atoms with Crippen molar-refractivity contribution < 1.29 is 9.59 Å². The lowest BCUT2D eigenvalue weighted by molar-refractivity contribution is -0.139. The number of carbonyl (C=O) groups excluding carboxylic acids is 2. The molecule has 5 nitrogen and oxygen atoms in total. The molecule has 0 atom stereocenters. The van der Waals surface area contributed by atoms with E-state index in [-0.39, 0.29) is 0 Å². The second-order valence-electron chi connectivity index (χ2n) is 5.91. The predicted molar refractivity (Wildman–Crippen MR) is 92.7 cm³/mol. The second kappa shape index (κ2) is 8.56. The number of rotatable bonds is 6. The van der Waals surface area contributed by atoms with E-state index in [0.717, 1.165) is 32.4 Å². The minimum absolute atomic E-state index is 0.481. The van der Waals surface area contributed by atoms with Gasteiger partial charge >= 0.3 is 11.8 Å². The molecule has 0 aliphatic carbocycles. The van der Waals surface area contributed by atoms with Crippen molar-refractivity contribution in [2.75, 3.05) is 31.1 Å². The van der Waals surface area contributed by atoms with Gasteiger partial charge in [0.2, 0.25) is 0 Å². The molecule has 2 rings (SSSR count). The fourth-order valence-corrected chi connectivity index (χ4v) is 2.93. The highest BCUT2D eigenvalue weighted by Crippen LogP contribution is 2.27. The molecule has 2 N–H and O–H groups in total. The van der Waals surface area contributed by atoms with E-state index >= 15 is 0 Å². The molecule has 0 fully saturated rings. The first kappa shape index (κ1) is 17.3. The second-order valence-corrected chi connectivity index (χ2v) is 5.91. The van der Waals surface area contributed by atoms with E-state index in [1.54, 1.807) is 0 Å². The van der Waals surface area contributed by atoms with Crippen molar-refractivity contribution in [3.8, 4) is 0 Å². The van der Waals surface area contributed by atoms with Crippen molar-refractivity contribution in [1.29, 1.82) is 0 Å². The number of carbonyl (C=O) groups is 2. The summed E-state index contributed by atoms with van der Waals surface area (Å²) in [7, 11) is 0. The maximum Gasteiger partial charge on any atom is 0.309 e. The average molecular weight is 317 g/mol. The molecule has 0 saturated carbocycles. The van der Waals surface area contributed by atoms with Gasteiger partial charge in [0.1, 0.15) is 0 Å². The number of anilines is 1. The molecule has 1 aliphatic heterocycles. The molecule has 23 heavy (non-hydrogen) atoms. The topological polar surface area (TPSA) is 61.4 Å². The molecular weight excluding hydrogens is 290 g/mol. The van der Waals surface area contributed by atoms with Gasteiger partial charge < -0.3 is 15.5 Å². The zero-order valence-electron chi connectivity index (χ0n) is 14.2. The Bertz CT molecular complexity index is 557. The highest BCUT2D eigenvalue weighted by Gasteiger charge is 2.16. The molecule has 126 valence electrons. The first-order chi connectivity index (χ1) is 11.2. The minimum Gasteiger partial charge on any atom is -0.372 e. The summed E-state index contributed by atoms with van der Waals surface area (Å²) in [6.45, 7) is 7.32. The summed E-state index contributed by atoms with van der Waals surface area (Å²) in [5, 5.41) is 5.25. The summed E-state index contributed by atoms with van der Waals surface area (Å²) in [6.07, 6.45) is 3.87. The van der Waals surface area contributed by atoms with E-state index in [9.17, 15) is 9.59 Å². The highest BCUT2D eigenvalue weighted by molar-refractivity contribution is 6.35. The number of fused-ring (bicyclic) bond motifs is 1. The maximum absolute atomic E-state index is 11.6. The van der Waals surface area contributed by atoms with E-state index in [2.05, 4.69) is 40.7 Å². The Morgan fingerprint density at radius 2 is 1.87 bits per heavy atom. The van der Waals surface area contributed by atoms with Gasteiger partial charge in [-0.3, -0.25) is 9.59 Å².